The molecule has 20 heavy (non-hydrogen) atoms. The van der Waals surface area contributed by atoms with Crippen LogP contribution < -0.4 is 14.8 Å². The Kier molecular flexibility index (Phi) is 4.29. The highest BCUT2D eigenvalue weighted by Gasteiger charge is 2.18. The zero-order valence-electron chi connectivity index (χ0n) is 11.2. The van der Waals surface area contributed by atoms with E-state index in [1.165, 1.54) is 10.4 Å². The van der Waals surface area contributed by atoms with E-state index in [1.54, 1.807) is 0 Å². The van der Waals surface area contributed by atoms with Crippen LogP contribution in [0, 0.1) is 0 Å². The van der Waals surface area contributed by atoms with Crippen LogP contribution in [0.5, 0.6) is 11.5 Å². The SMILES string of the molecule is CC(Cc1cccs1)NCc1cc(Br)c2c(c1)OCO2. The molecular weight excluding hydrogens is 338 g/mol. The molecule has 3 rings (SSSR count). The van der Waals surface area contributed by atoms with E-state index in [0.29, 0.717) is 12.8 Å². The Morgan fingerprint density at radius 3 is 3.10 bits per heavy atom. The smallest absolute Gasteiger partial charge is 0.231 e. The molecule has 1 unspecified atom stereocenters. The molecule has 3 nitrogen and oxygen atoms in total. The number of ether oxygens (including phenoxy) is 2. The van der Waals surface area contributed by atoms with E-state index in [0.717, 1.165) is 28.9 Å². The summed E-state index contributed by atoms with van der Waals surface area (Å²) < 4.78 is 11.8. The molecule has 1 aliphatic heterocycles. The first-order valence-electron chi connectivity index (χ1n) is 6.56. The van der Waals surface area contributed by atoms with E-state index in [4.69, 9.17) is 9.47 Å². The van der Waals surface area contributed by atoms with Gasteiger partial charge in [0.1, 0.15) is 0 Å². The molecular formula is C15H16BrNO2S. The molecule has 2 aromatic rings. The lowest BCUT2D eigenvalue weighted by Gasteiger charge is -2.13. The van der Waals surface area contributed by atoms with Gasteiger partial charge in [0.15, 0.2) is 11.5 Å². The molecule has 106 valence electrons. The Morgan fingerprint density at radius 1 is 1.40 bits per heavy atom. The van der Waals surface area contributed by atoms with E-state index in [9.17, 15) is 0 Å². The zero-order chi connectivity index (χ0) is 13.9. The number of halogens is 1. The highest BCUT2D eigenvalue weighted by molar-refractivity contribution is 9.10. The summed E-state index contributed by atoms with van der Waals surface area (Å²) in [4.78, 5) is 1.41. The quantitative estimate of drug-likeness (QED) is 0.882. The van der Waals surface area contributed by atoms with Gasteiger partial charge in [0.05, 0.1) is 4.47 Å². The molecule has 1 aliphatic rings. The molecule has 0 bridgehead atoms. The van der Waals surface area contributed by atoms with Crippen molar-refractivity contribution in [2.24, 2.45) is 0 Å². The van der Waals surface area contributed by atoms with Gasteiger partial charge >= 0.3 is 0 Å². The van der Waals surface area contributed by atoms with Crippen molar-refractivity contribution in [3.05, 3.63) is 44.6 Å². The van der Waals surface area contributed by atoms with Crippen molar-refractivity contribution in [1.29, 1.82) is 0 Å². The van der Waals surface area contributed by atoms with Crippen LogP contribution in [0.1, 0.15) is 17.4 Å². The lowest BCUT2D eigenvalue weighted by atomic mass is 10.1. The van der Waals surface area contributed by atoms with Gasteiger partial charge in [-0.3, -0.25) is 0 Å². The topological polar surface area (TPSA) is 30.5 Å². The van der Waals surface area contributed by atoms with Crippen molar-refractivity contribution < 1.29 is 9.47 Å². The monoisotopic (exact) mass is 353 g/mol. The number of rotatable bonds is 5. The lowest BCUT2D eigenvalue weighted by Crippen LogP contribution is -2.27. The second-order valence-electron chi connectivity index (χ2n) is 4.88. The maximum absolute atomic E-state index is 5.43. The molecule has 2 heterocycles. The maximum Gasteiger partial charge on any atom is 0.231 e. The van der Waals surface area contributed by atoms with E-state index >= 15 is 0 Å². The Hall–Kier alpha value is -1.04. The first-order valence-corrected chi connectivity index (χ1v) is 8.23. The van der Waals surface area contributed by atoms with Crippen LogP contribution in [0.4, 0.5) is 0 Å². The van der Waals surface area contributed by atoms with Crippen molar-refractivity contribution in [1.82, 2.24) is 5.32 Å². The third-order valence-electron chi connectivity index (χ3n) is 3.23. The van der Waals surface area contributed by atoms with Crippen molar-refractivity contribution in [2.75, 3.05) is 6.79 Å². The van der Waals surface area contributed by atoms with Gasteiger partial charge in [0, 0.05) is 17.5 Å². The highest BCUT2D eigenvalue weighted by atomic mass is 79.9. The van der Waals surface area contributed by atoms with Crippen LogP contribution in [0.3, 0.4) is 0 Å². The molecule has 0 saturated carbocycles. The number of hydrogen-bond acceptors (Lipinski definition) is 4. The van der Waals surface area contributed by atoms with E-state index < -0.39 is 0 Å². The maximum atomic E-state index is 5.43. The van der Waals surface area contributed by atoms with Crippen LogP contribution in [0.15, 0.2) is 34.1 Å². The molecule has 0 amide bonds. The largest absolute Gasteiger partial charge is 0.454 e. The number of nitrogens with one attached hydrogen (secondary N) is 1. The predicted molar refractivity (Wildman–Crippen MR) is 84.6 cm³/mol. The van der Waals surface area contributed by atoms with E-state index in [1.807, 2.05) is 17.4 Å². The van der Waals surface area contributed by atoms with Crippen molar-refractivity contribution in [3.63, 3.8) is 0 Å². The summed E-state index contributed by atoms with van der Waals surface area (Å²) in [5.41, 5.74) is 1.19. The van der Waals surface area contributed by atoms with Gasteiger partial charge in [0.25, 0.3) is 0 Å². The summed E-state index contributed by atoms with van der Waals surface area (Å²) in [7, 11) is 0. The summed E-state index contributed by atoms with van der Waals surface area (Å²) in [5.74, 6) is 1.63. The van der Waals surface area contributed by atoms with Crippen LogP contribution in [-0.4, -0.2) is 12.8 Å². The van der Waals surface area contributed by atoms with Crippen LogP contribution >= 0.6 is 27.3 Å². The minimum Gasteiger partial charge on any atom is -0.454 e. The number of hydrogen-bond donors (Lipinski definition) is 1. The van der Waals surface area contributed by atoms with Gasteiger partial charge in [0.2, 0.25) is 6.79 Å². The lowest BCUT2D eigenvalue weighted by molar-refractivity contribution is 0.173. The molecule has 0 aliphatic carbocycles. The Bertz CT molecular complexity index is 586. The summed E-state index contributed by atoms with van der Waals surface area (Å²) in [6.45, 7) is 3.34. The fraction of sp³-hybridized carbons (Fsp3) is 0.333. The van der Waals surface area contributed by atoms with Crippen molar-refractivity contribution in [3.8, 4) is 11.5 Å². The Morgan fingerprint density at radius 2 is 2.30 bits per heavy atom. The number of fused-ring (bicyclic) bond motifs is 1. The third-order valence-corrected chi connectivity index (χ3v) is 4.72. The molecule has 1 atom stereocenters. The van der Waals surface area contributed by atoms with E-state index in [2.05, 4.69) is 51.7 Å². The molecule has 0 spiro atoms. The summed E-state index contributed by atoms with van der Waals surface area (Å²) >= 11 is 5.33. The summed E-state index contributed by atoms with van der Waals surface area (Å²) in [6, 6.07) is 8.84. The summed E-state index contributed by atoms with van der Waals surface area (Å²) in [5, 5.41) is 5.67. The van der Waals surface area contributed by atoms with Gasteiger partial charge in [-0.1, -0.05) is 6.07 Å². The van der Waals surface area contributed by atoms with Gasteiger partial charge in [-0.25, -0.2) is 0 Å². The molecule has 5 heteroatoms. The summed E-state index contributed by atoms with van der Waals surface area (Å²) in [6.07, 6.45) is 1.06. The molecule has 0 radical (unpaired) electrons. The highest BCUT2D eigenvalue weighted by Crippen LogP contribution is 2.39. The zero-order valence-corrected chi connectivity index (χ0v) is 13.6. The Balaban J connectivity index is 1.59. The second-order valence-corrected chi connectivity index (χ2v) is 6.76. The standard InChI is InChI=1S/C15H16BrNO2S/c1-10(5-12-3-2-4-20-12)17-8-11-6-13(16)15-14(7-11)18-9-19-15/h2-4,6-7,10,17H,5,8-9H2,1H3. The van der Waals surface area contributed by atoms with E-state index in [-0.39, 0.29) is 0 Å². The molecule has 1 aromatic carbocycles. The Labute approximate surface area is 131 Å². The molecule has 1 aromatic heterocycles. The normalized spacial score (nSPS) is 14.5. The van der Waals surface area contributed by atoms with Crippen LogP contribution in [0.2, 0.25) is 0 Å². The van der Waals surface area contributed by atoms with Crippen molar-refractivity contribution in [2.45, 2.75) is 25.9 Å². The van der Waals surface area contributed by atoms with Crippen LogP contribution in [0.25, 0.3) is 0 Å². The molecule has 0 fully saturated rings. The minimum atomic E-state index is 0.305. The van der Waals surface area contributed by atoms with Crippen molar-refractivity contribution >= 4 is 27.3 Å². The molecule has 1 N–H and O–H groups in total. The predicted octanol–water partition coefficient (Wildman–Crippen LogP) is 3.96. The first kappa shape index (κ1) is 13.9. The second kappa shape index (κ2) is 6.16. The minimum absolute atomic E-state index is 0.305. The number of benzene rings is 1. The number of thiophene rings is 1. The van der Waals surface area contributed by atoms with Gasteiger partial charge in [-0.15, -0.1) is 11.3 Å². The van der Waals surface area contributed by atoms with Gasteiger partial charge < -0.3 is 14.8 Å². The fourth-order valence-electron chi connectivity index (χ4n) is 2.22. The first-order chi connectivity index (χ1) is 9.72. The average Bonchev–Trinajstić information content (AvgIpc) is 3.07. The van der Waals surface area contributed by atoms with Gasteiger partial charge in [-0.2, -0.15) is 0 Å². The van der Waals surface area contributed by atoms with Gasteiger partial charge in [-0.05, 0) is 58.4 Å². The average molecular weight is 354 g/mol. The molecule has 0 saturated heterocycles. The van der Waals surface area contributed by atoms with Crippen LogP contribution in [-0.2, 0) is 13.0 Å². The third kappa shape index (κ3) is 3.16. The fourth-order valence-corrected chi connectivity index (χ4v) is 3.66.